The Morgan fingerprint density at radius 2 is 1.73 bits per heavy atom. The molecule has 3 aromatic rings. The minimum Gasteiger partial charge on any atom is -0.467 e. The van der Waals surface area contributed by atoms with E-state index in [9.17, 15) is 0 Å². The summed E-state index contributed by atoms with van der Waals surface area (Å²) in [4.78, 5) is 9.45. The van der Waals surface area contributed by atoms with Gasteiger partial charge in [-0.3, -0.25) is 0 Å². The van der Waals surface area contributed by atoms with Crippen molar-refractivity contribution in [3.63, 3.8) is 0 Å². The Kier molecular flexibility index (Phi) is 5.14. The Morgan fingerprint density at radius 3 is 2.50 bits per heavy atom. The number of hydrogen-bond acceptors (Lipinski definition) is 5. The molecule has 1 aliphatic carbocycles. The van der Waals surface area contributed by atoms with Gasteiger partial charge in [-0.15, -0.1) is 0 Å². The summed E-state index contributed by atoms with van der Waals surface area (Å²) in [6.07, 6.45) is 8.02. The van der Waals surface area contributed by atoms with Gasteiger partial charge < -0.3 is 15.1 Å². The van der Waals surface area contributed by atoms with Gasteiger partial charge in [0.25, 0.3) is 0 Å². The molecule has 1 saturated carbocycles. The first-order valence-electron chi connectivity index (χ1n) is 9.34. The molecule has 0 spiro atoms. The largest absolute Gasteiger partial charge is 0.467 e. The predicted octanol–water partition coefficient (Wildman–Crippen LogP) is 5.09. The van der Waals surface area contributed by atoms with E-state index in [2.05, 4.69) is 10.6 Å². The number of nitrogens with one attached hydrogen (secondary N) is 2. The maximum Gasteiger partial charge on any atom is 0.163 e. The van der Waals surface area contributed by atoms with E-state index >= 15 is 0 Å². The van der Waals surface area contributed by atoms with Crippen molar-refractivity contribution in [1.29, 1.82) is 0 Å². The van der Waals surface area contributed by atoms with Crippen LogP contribution in [0.25, 0.3) is 11.4 Å². The topological polar surface area (TPSA) is 63.0 Å². The Balaban J connectivity index is 1.58. The third-order valence-electron chi connectivity index (χ3n) is 4.74. The van der Waals surface area contributed by atoms with E-state index in [0.717, 1.165) is 28.8 Å². The van der Waals surface area contributed by atoms with Crippen LogP contribution < -0.4 is 10.6 Å². The SMILES string of the molecule is c1ccc(-c2nc(NCc3ccco3)cc(NC3CCCCC3)n2)cc1. The van der Waals surface area contributed by atoms with Crippen molar-refractivity contribution in [3.8, 4) is 11.4 Å². The monoisotopic (exact) mass is 348 g/mol. The highest BCUT2D eigenvalue weighted by Gasteiger charge is 2.15. The normalized spacial score (nSPS) is 14.9. The molecule has 0 unspecified atom stereocenters. The molecule has 5 nitrogen and oxygen atoms in total. The van der Waals surface area contributed by atoms with Gasteiger partial charge in [-0.1, -0.05) is 49.6 Å². The summed E-state index contributed by atoms with van der Waals surface area (Å²) in [6.45, 7) is 0.598. The van der Waals surface area contributed by atoms with Crippen LogP contribution in [0.2, 0.25) is 0 Å². The first-order chi connectivity index (χ1) is 12.9. The molecule has 2 heterocycles. The second kappa shape index (κ2) is 8.04. The van der Waals surface area contributed by atoms with Gasteiger partial charge in [0.05, 0.1) is 12.8 Å². The number of anilines is 2. The third-order valence-corrected chi connectivity index (χ3v) is 4.74. The third kappa shape index (κ3) is 4.23. The van der Waals surface area contributed by atoms with E-state index in [1.807, 2.05) is 48.5 Å². The zero-order valence-electron chi connectivity index (χ0n) is 14.8. The van der Waals surface area contributed by atoms with E-state index in [1.54, 1.807) is 6.26 Å². The summed E-state index contributed by atoms with van der Waals surface area (Å²) in [5.74, 6) is 3.29. The lowest BCUT2D eigenvalue weighted by Gasteiger charge is -2.23. The second-order valence-corrected chi connectivity index (χ2v) is 6.74. The van der Waals surface area contributed by atoms with Crippen LogP contribution in [0.3, 0.4) is 0 Å². The van der Waals surface area contributed by atoms with Gasteiger partial charge in [-0.25, -0.2) is 9.97 Å². The zero-order valence-corrected chi connectivity index (χ0v) is 14.8. The number of benzene rings is 1. The van der Waals surface area contributed by atoms with Crippen molar-refractivity contribution < 1.29 is 4.42 Å². The van der Waals surface area contributed by atoms with Crippen LogP contribution in [0.4, 0.5) is 11.6 Å². The van der Waals surface area contributed by atoms with Crippen LogP contribution in [-0.4, -0.2) is 16.0 Å². The van der Waals surface area contributed by atoms with Crippen molar-refractivity contribution in [2.75, 3.05) is 10.6 Å². The fraction of sp³-hybridized carbons (Fsp3) is 0.333. The first kappa shape index (κ1) is 16.6. The molecule has 0 amide bonds. The van der Waals surface area contributed by atoms with Gasteiger partial charge in [0.2, 0.25) is 0 Å². The van der Waals surface area contributed by atoms with Crippen LogP contribution in [0.1, 0.15) is 37.9 Å². The standard InChI is InChI=1S/C21H24N4O/c1-3-8-16(9-4-1)21-24-19(22-15-18-12-7-13-26-18)14-20(25-21)23-17-10-5-2-6-11-17/h1,3-4,7-9,12-14,17H,2,5-6,10-11,15H2,(H2,22,23,24,25). The second-order valence-electron chi connectivity index (χ2n) is 6.74. The molecule has 1 aromatic carbocycles. The summed E-state index contributed by atoms with van der Waals surface area (Å²) in [6, 6.07) is 16.4. The van der Waals surface area contributed by atoms with Gasteiger partial charge in [0, 0.05) is 17.7 Å². The van der Waals surface area contributed by atoms with Crippen molar-refractivity contribution in [3.05, 3.63) is 60.6 Å². The lowest BCUT2D eigenvalue weighted by atomic mass is 9.95. The fourth-order valence-corrected chi connectivity index (χ4v) is 3.37. The smallest absolute Gasteiger partial charge is 0.163 e. The lowest BCUT2D eigenvalue weighted by Crippen LogP contribution is -2.23. The Bertz CT molecular complexity index is 811. The molecule has 134 valence electrons. The van der Waals surface area contributed by atoms with E-state index in [1.165, 1.54) is 32.1 Å². The van der Waals surface area contributed by atoms with Gasteiger partial charge in [0.15, 0.2) is 5.82 Å². The molecule has 1 aliphatic rings. The summed E-state index contributed by atoms with van der Waals surface area (Å²) in [7, 11) is 0. The maximum absolute atomic E-state index is 5.40. The predicted molar refractivity (Wildman–Crippen MR) is 104 cm³/mol. The van der Waals surface area contributed by atoms with Crippen LogP contribution in [0, 0.1) is 0 Å². The quantitative estimate of drug-likeness (QED) is 0.649. The van der Waals surface area contributed by atoms with Crippen molar-refractivity contribution in [2.24, 2.45) is 0 Å². The molecule has 0 atom stereocenters. The Hall–Kier alpha value is -2.82. The number of aromatic nitrogens is 2. The van der Waals surface area contributed by atoms with Gasteiger partial charge >= 0.3 is 0 Å². The van der Waals surface area contributed by atoms with Crippen LogP contribution >= 0.6 is 0 Å². The highest BCUT2D eigenvalue weighted by Crippen LogP contribution is 2.24. The summed E-state index contributed by atoms with van der Waals surface area (Å²) in [5.41, 5.74) is 1.01. The average molecular weight is 348 g/mol. The highest BCUT2D eigenvalue weighted by molar-refractivity contribution is 5.61. The molecular weight excluding hydrogens is 324 g/mol. The van der Waals surface area contributed by atoms with Crippen molar-refractivity contribution in [1.82, 2.24) is 9.97 Å². The molecule has 2 aromatic heterocycles. The van der Waals surface area contributed by atoms with Crippen LogP contribution in [0.15, 0.2) is 59.2 Å². The van der Waals surface area contributed by atoms with E-state index < -0.39 is 0 Å². The molecule has 0 bridgehead atoms. The molecule has 26 heavy (non-hydrogen) atoms. The Labute approximate surface area is 153 Å². The van der Waals surface area contributed by atoms with Crippen molar-refractivity contribution >= 4 is 11.6 Å². The lowest BCUT2D eigenvalue weighted by molar-refractivity contribution is 0.462. The number of furan rings is 1. The molecule has 0 radical (unpaired) electrons. The zero-order chi connectivity index (χ0) is 17.6. The molecule has 0 aliphatic heterocycles. The Morgan fingerprint density at radius 1 is 0.923 bits per heavy atom. The minimum atomic E-state index is 0.500. The van der Waals surface area contributed by atoms with Gasteiger partial charge in [-0.05, 0) is 25.0 Å². The molecule has 5 heteroatoms. The van der Waals surface area contributed by atoms with Crippen molar-refractivity contribution in [2.45, 2.75) is 44.7 Å². The first-order valence-corrected chi connectivity index (χ1v) is 9.34. The van der Waals surface area contributed by atoms with E-state index in [4.69, 9.17) is 14.4 Å². The molecule has 1 fully saturated rings. The summed E-state index contributed by atoms with van der Waals surface area (Å²) in [5, 5.41) is 6.96. The van der Waals surface area contributed by atoms with Gasteiger partial charge in [-0.2, -0.15) is 0 Å². The number of hydrogen-bond donors (Lipinski definition) is 2. The van der Waals surface area contributed by atoms with Crippen LogP contribution in [-0.2, 0) is 6.54 Å². The molecule has 2 N–H and O–H groups in total. The van der Waals surface area contributed by atoms with E-state index in [-0.39, 0.29) is 0 Å². The highest BCUT2D eigenvalue weighted by atomic mass is 16.3. The fourth-order valence-electron chi connectivity index (χ4n) is 3.37. The van der Waals surface area contributed by atoms with Crippen LogP contribution in [0.5, 0.6) is 0 Å². The number of nitrogens with zero attached hydrogens (tertiary/aromatic N) is 2. The molecule has 0 saturated heterocycles. The van der Waals surface area contributed by atoms with Gasteiger partial charge in [0.1, 0.15) is 17.4 Å². The average Bonchev–Trinajstić information content (AvgIpc) is 3.21. The molecule has 4 rings (SSSR count). The molecular formula is C21H24N4O. The summed E-state index contributed by atoms with van der Waals surface area (Å²) < 4.78 is 5.40. The summed E-state index contributed by atoms with van der Waals surface area (Å²) >= 11 is 0. The minimum absolute atomic E-state index is 0.500. The number of rotatable bonds is 6. The maximum atomic E-state index is 5.40. The van der Waals surface area contributed by atoms with E-state index in [0.29, 0.717) is 12.6 Å².